The van der Waals surface area contributed by atoms with E-state index >= 15 is 0 Å². The molecule has 0 aromatic carbocycles. The van der Waals surface area contributed by atoms with Gasteiger partial charge in [-0.2, -0.15) is 0 Å². The zero-order valence-corrected chi connectivity index (χ0v) is 19.8. The van der Waals surface area contributed by atoms with Crippen molar-refractivity contribution in [1.29, 1.82) is 0 Å². The van der Waals surface area contributed by atoms with Crippen molar-refractivity contribution < 1.29 is 14.3 Å². The molecule has 0 spiro atoms. The largest absolute Gasteiger partial charge is 0.464 e. The Labute approximate surface area is 180 Å². The van der Waals surface area contributed by atoms with Crippen LogP contribution in [0.3, 0.4) is 0 Å². The van der Waals surface area contributed by atoms with Crippen molar-refractivity contribution in [3.63, 3.8) is 0 Å². The van der Waals surface area contributed by atoms with Crippen LogP contribution in [0.25, 0.3) is 0 Å². The maximum Gasteiger partial charge on any atom is 0.328 e. The number of esters is 1. The molecule has 1 amide bonds. The highest BCUT2D eigenvalue weighted by atomic mass is 16.5. The average molecular weight is 410 g/mol. The molecular formula is C25H47NO3. The fraction of sp³-hybridized carbons (Fsp3) is 0.920. The van der Waals surface area contributed by atoms with Gasteiger partial charge in [0.15, 0.2) is 0 Å². The van der Waals surface area contributed by atoms with E-state index < -0.39 is 5.41 Å². The van der Waals surface area contributed by atoms with Crippen molar-refractivity contribution >= 4 is 11.9 Å². The van der Waals surface area contributed by atoms with Crippen molar-refractivity contribution in [1.82, 2.24) is 4.90 Å². The Morgan fingerprint density at radius 1 is 0.828 bits per heavy atom. The lowest BCUT2D eigenvalue weighted by Crippen LogP contribution is -2.46. The molecular weight excluding hydrogens is 362 g/mol. The number of ether oxygens (including phenoxy) is 1. The molecule has 4 nitrogen and oxygen atoms in total. The fourth-order valence-electron chi connectivity index (χ4n) is 4.07. The van der Waals surface area contributed by atoms with Gasteiger partial charge in [0.1, 0.15) is 6.04 Å². The molecule has 0 radical (unpaired) electrons. The summed E-state index contributed by atoms with van der Waals surface area (Å²) in [6.45, 7) is 9.15. The number of amides is 1. The van der Waals surface area contributed by atoms with E-state index in [0.29, 0.717) is 13.2 Å². The SMILES string of the molecule is CCCCCCCCCCCCCCCOC(=O)C1CCCN1C(=O)C(C)(C)C. The predicted molar refractivity (Wildman–Crippen MR) is 121 cm³/mol. The average Bonchev–Trinajstić information content (AvgIpc) is 3.16. The Balaban J connectivity index is 1.99. The van der Waals surface area contributed by atoms with Gasteiger partial charge in [-0.25, -0.2) is 4.79 Å². The Morgan fingerprint density at radius 2 is 1.31 bits per heavy atom. The monoisotopic (exact) mass is 409 g/mol. The van der Waals surface area contributed by atoms with Crippen LogP contribution in [0, 0.1) is 5.41 Å². The summed E-state index contributed by atoms with van der Waals surface area (Å²) in [5, 5.41) is 0. The zero-order valence-electron chi connectivity index (χ0n) is 19.8. The molecule has 0 aromatic heterocycles. The van der Waals surface area contributed by atoms with E-state index in [9.17, 15) is 9.59 Å². The molecule has 1 aliphatic rings. The van der Waals surface area contributed by atoms with Crippen molar-refractivity contribution in [2.45, 2.75) is 130 Å². The lowest BCUT2D eigenvalue weighted by atomic mass is 9.94. The van der Waals surface area contributed by atoms with Crippen molar-refractivity contribution in [2.75, 3.05) is 13.2 Å². The molecule has 29 heavy (non-hydrogen) atoms. The second-order valence-corrected chi connectivity index (χ2v) is 9.82. The molecule has 4 heteroatoms. The van der Waals surface area contributed by atoms with E-state index in [2.05, 4.69) is 6.92 Å². The second kappa shape index (κ2) is 14.8. The van der Waals surface area contributed by atoms with Crippen LogP contribution >= 0.6 is 0 Å². The Kier molecular flexibility index (Phi) is 13.3. The van der Waals surface area contributed by atoms with E-state index in [4.69, 9.17) is 4.74 Å². The van der Waals surface area contributed by atoms with Gasteiger partial charge in [-0.1, -0.05) is 105 Å². The first-order chi connectivity index (χ1) is 13.9. The molecule has 1 rings (SSSR count). The summed E-state index contributed by atoms with van der Waals surface area (Å²) in [6.07, 6.45) is 18.6. The van der Waals surface area contributed by atoms with Crippen LogP contribution in [-0.4, -0.2) is 36.0 Å². The van der Waals surface area contributed by atoms with Gasteiger partial charge in [0, 0.05) is 12.0 Å². The highest BCUT2D eigenvalue weighted by Crippen LogP contribution is 2.26. The third-order valence-corrected chi connectivity index (χ3v) is 5.92. The fourth-order valence-corrected chi connectivity index (χ4v) is 4.07. The number of hydrogen-bond acceptors (Lipinski definition) is 3. The van der Waals surface area contributed by atoms with E-state index in [-0.39, 0.29) is 17.9 Å². The molecule has 170 valence electrons. The minimum absolute atomic E-state index is 0.0536. The third kappa shape index (κ3) is 11.1. The number of hydrogen-bond donors (Lipinski definition) is 0. The molecule has 0 aliphatic carbocycles. The third-order valence-electron chi connectivity index (χ3n) is 5.92. The number of unbranched alkanes of at least 4 members (excludes halogenated alkanes) is 12. The minimum atomic E-state index is -0.447. The first kappa shape index (κ1) is 26.0. The molecule has 0 saturated carbocycles. The van der Waals surface area contributed by atoms with Crippen LogP contribution in [-0.2, 0) is 14.3 Å². The first-order valence-electron chi connectivity index (χ1n) is 12.4. The zero-order chi connectivity index (χ0) is 21.5. The summed E-state index contributed by atoms with van der Waals surface area (Å²) in [5.41, 5.74) is -0.447. The van der Waals surface area contributed by atoms with Gasteiger partial charge in [0.25, 0.3) is 0 Å². The number of carbonyl (C=O) groups excluding carboxylic acids is 2. The van der Waals surface area contributed by atoms with Crippen molar-refractivity contribution in [3.8, 4) is 0 Å². The van der Waals surface area contributed by atoms with Crippen LogP contribution in [0.5, 0.6) is 0 Å². The summed E-state index contributed by atoms with van der Waals surface area (Å²) in [7, 11) is 0. The van der Waals surface area contributed by atoms with Gasteiger partial charge in [-0.05, 0) is 19.3 Å². The van der Waals surface area contributed by atoms with E-state index in [1.54, 1.807) is 4.90 Å². The molecule has 1 saturated heterocycles. The van der Waals surface area contributed by atoms with Crippen LogP contribution < -0.4 is 0 Å². The summed E-state index contributed by atoms with van der Waals surface area (Å²) in [4.78, 5) is 26.6. The highest BCUT2D eigenvalue weighted by molar-refractivity contribution is 5.88. The van der Waals surface area contributed by atoms with E-state index in [1.807, 2.05) is 20.8 Å². The van der Waals surface area contributed by atoms with Gasteiger partial charge < -0.3 is 9.64 Å². The first-order valence-corrected chi connectivity index (χ1v) is 12.4. The van der Waals surface area contributed by atoms with Gasteiger partial charge >= 0.3 is 5.97 Å². The number of carbonyl (C=O) groups is 2. The van der Waals surface area contributed by atoms with Gasteiger partial charge in [-0.3, -0.25) is 4.79 Å². The van der Waals surface area contributed by atoms with Crippen LogP contribution in [0.1, 0.15) is 124 Å². The molecule has 1 aliphatic heterocycles. The Bertz CT molecular complexity index is 455. The van der Waals surface area contributed by atoms with Crippen molar-refractivity contribution in [3.05, 3.63) is 0 Å². The van der Waals surface area contributed by atoms with Crippen LogP contribution in [0.2, 0.25) is 0 Å². The number of rotatable bonds is 15. The second-order valence-electron chi connectivity index (χ2n) is 9.82. The lowest BCUT2D eigenvalue weighted by Gasteiger charge is -2.29. The summed E-state index contributed by atoms with van der Waals surface area (Å²) < 4.78 is 5.49. The van der Waals surface area contributed by atoms with Crippen LogP contribution in [0.15, 0.2) is 0 Å². The summed E-state index contributed by atoms with van der Waals surface area (Å²) >= 11 is 0. The summed E-state index contributed by atoms with van der Waals surface area (Å²) in [5.74, 6) is -0.156. The molecule has 1 fully saturated rings. The maximum atomic E-state index is 12.5. The van der Waals surface area contributed by atoms with E-state index in [1.165, 1.54) is 70.6 Å². The van der Waals surface area contributed by atoms with E-state index in [0.717, 1.165) is 25.7 Å². The lowest BCUT2D eigenvalue weighted by molar-refractivity contribution is -0.156. The Morgan fingerprint density at radius 3 is 1.79 bits per heavy atom. The normalized spacial score (nSPS) is 17.0. The molecule has 1 atom stereocenters. The molecule has 1 heterocycles. The topological polar surface area (TPSA) is 46.6 Å². The molecule has 0 bridgehead atoms. The van der Waals surface area contributed by atoms with Gasteiger partial charge in [-0.15, -0.1) is 0 Å². The quantitative estimate of drug-likeness (QED) is 0.224. The van der Waals surface area contributed by atoms with Crippen molar-refractivity contribution in [2.24, 2.45) is 5.41 Å². The minimum Gasteiger partial charge on any atom is -0.464 e. The molecule has 0 aromatic rings. The van der Waals surface area contributed by atoms with Gasteiger partial charge in [0.2, 0.25) is 5.91 Å². The smallest absolute Gasteiger partial charge is 0.328 e. The molecule has 0 N–H and O–H groups in total. The molecule has 1 unspecified atom stereocenters. The Hall–Kier alpha value is -1.06. The maximum absolute atomic E-state index is 12.5. The standard InChI is InChI=1S/C25H47NO3/c1-5-6-7-8-9-10-11-12-13-14-15-16-17-21-29-23(27)22-19-18-20-26(22)24(28)25(2,3)4/h22H,5-21H2,1-4H3. The number of likely N-dealkylation sites (tertiary alicyclic amines) is 1. The highest BCUT2D eigenvalue weighted by Gasteiger charge is 2.39. The number of nitrogens with zero attached hydrogens (tertiary/aromatic N) is 1. The van der Waals surface area contributed by atoms with Gasteiger partial charge in [0.05, 0.1) is 6.61 Å². The summed E-state index contributed by atoms with van der Waals surface area (Å²) in [6, 6.07) is -0.372. The van der Waals surface area contributed by atoms with Crippen LogP contribution in [0.4, 0.5) is 0 Å². The predicted octanol–water partition coefficient (Wildman–Crippen LogP) is 6.66.